The standard InChI is InChI=1S/C15H26N2O3/c1-16(10-12-6-3-2-4-7-12)14(18)11-17-9-5-8-13(17)15(19)20/h12-13H,2-11H2,1H3,(H,19,20). The molecule has 2 rings (SSSR count). The molecule has 2 fully saturated rings. The maximum atomic E-state index is 12.2. The smallest absolute Gasteiger partial charge is 0.320 e. The van der Waals surface area contributed by atoms with Gasteiger partial charge in [-0.2, -0.15) is 0 Å². The lowest BCUT2D eigenvalue weighted by Crippen LogP contribution is -2.44. The van der Waals surface area contributed by atoms with E-state index in [0.29, 0.717) is 12.3 Å². The summed E-state index contributed by atoms with van der Waals surface area (Å²) in [5, 5.41) is 9.13. The van der Waals surface area contributed by atoms with E-state index < -0.39 is 12.0 Å². The Morgan fingerprint density at radius 2 is 1.85 bits per heavy atom. The van der Waals surface area contributed by atoms with E-state index in [1.54, 1.807) is 4.90 Å². The van der Waals surface area contributed by atoms with E-state index in [0.717, 1.165) is 19.5 Å². The second kappa shape index (κ2) is 7.07. The van der Waals surface area contributed by atoms with Crippen molar-refractivity contribution in [2.45, 2.75) is 51.0 Å². The number of amides is 1. The number of likely N-dealkylation sites (tertiary alicyclic amines) is 1. The average Bonchev–Trinajstić information content (AvgIpc) is 2.88. The molecule has 5 nitrogen and oxygen atoms in total. The fourth-order valence-electron chi connectivity index (χ4n) is 3.45. The van der Waals surface area contributed by atoms with Crippen LogP contribution in [-0.4, -0.2) is 59.5 Å². The van der Waals surface area contributed by atoms with Crippen molar-refractivity contribution >= 4 is 11.9 Å². The largest absolute Gasteiger partial charge is 0.480 e. The molecular weight excluding hydrogens is 256 g/mol. The molecule has 1 saturated carbocycles. The van der Waals surface area contributed by atoms with Crippen LogP contribution in [0.1, 0.15) is 44.9 Å². The highest BCUT2D eigenvalue weighted by molar-refractivity contribution is 5.80. The molecule has 1 saturated heterocycles. The van der Waals surface area contributed by atoms with E-state index in [-0.39, 0.29) is 12.5 Å². The molecule has 0 bridgehead atoms. The number of hydrogen-bond donors (Lipinski definition) is 1. The molecule has 1 atom stereocenters. The highest BCUT2D eigenvalue weighted by atomic mass is 16.4. The SMILES string of the molecule is CN(CC1CCCCC1)C(=O)CN1CCCC1C(=O)O. The molecule has 2 aliphatic rings. The molecule has 0 aromatic heterocycles. The van der Waals surface area contributed by atoms with Crippen LogP contribution in [0, 0.1) is 5.92 Å². The molecule has 0 radical (unpaired) electrons. The Labute approximate surface area is 120 Å². The average molecular weight is 282 g/mol. The summed E-state index contributed by atoms with van der Waals surface area (Å²) in [5.74, 6) is -0.111. The maximum Gasteiger partial charge on any atom is 0.320 e. The van der Waals surface area contributed by atoms with Gasteiger partial charge < -0.3 is 10.0 Å². The fraction of sp³-hybridized carbons (Fsp3) is 0.867. The summed E-state index contributed by atoms with van der Waals surface area (Å²) in [5.41, 5.74) is 0. The van der Waals surface area contributed by atoms with Gasteiger partial charge in [0.25, 0.3) is 0 Å². The molecule has 0 spiro atoms. The minimum atomic E-state index is -0.801. The molecule has 1 heterocycles. The lowest BCUT2D eigenvalue weighted by atomic mass is 9.89. The van der Waals surface area contributed by atoms with E-state index in [1.807, 2.05) is 11.9 Å². The number of aliphatic carboxylic acids is 1. The van der Waals surface area contributed by atoms with Gasteiger partial charge in [-0.15, -0.1) is 0 Å². The number of carbonyl (C=O) groups is 2. The van der Waals surface area contributed by atoms with Gasteiger partial charge in [0.2, 0.25) is 5.91 Å². The van der Waals surface area contributed by atoms with E-state index in [9.17, 15) is 9.59 Å². The van der Waals surface area contributed by atoms with Crippen molar-refractivity contribution in [1.29, 1.82) is 0 Å². The van der Waals surface area contributed by atoms with Crippen LogP contribution in [0.5, 0.6) is 0 Å². The predicted octanol–water partition coefficient (Wildman–Crippen LogP) is 1.57. The highest BCUT2D eigenvalue weighted by Crippen LogP contribution is 2.24. The first-order valence-corrected chi connectivity index (χ1v) is 7.78. The minimum absolute atomic E-state index is 0.0590. The van der Waals surface area contributed by atoms with E-state index in [1.165, 1.54) is 32.1 Å². The van der Waals surface area contributed by atoms with Gasteiger partial charge in [0.15, 0.2) is 0 Å². The van der Waals surface area contributed by atoms with Gasteiger partial charge in [-0.1, -0.05) is 19.3 Å². The molecule has 1 amide bonds. The van der Waals surface area contributed by atoms with Crippen LogP contribution < -0.4 is 0 Å². The summed E-state index contributed by atoms with van der Waals surface area (Å²) < 4.78 is 0. The number of rotatable bonds is 5. The van der Waals surface area contributed by atoms with E-state index in [2.05, 4.69) is 0 Å². The van der Waals surface area contributed by atoms with Crippen LogP contribution in [0.4, 0.5) is 0 Å². The van der Waals surface area contributed by atoms with Gasteiger partial charge in [-0.05, 0) is 38.1 Å². The number of carboxylic acids is 1. The Morgan fingerprint density at radius 1 is 1.15 bits per heavy atom. The molecular formula is C15H26N2O3. The van der Waals surface area contributed by atoms with Crippen LogP contribution in [0.3, 0.4) is 0 Å². The summed E-state index contributed by atoms with van der Waals surface area (Å²) in [6.07, 6.45) is 7.85. The molecule has 1 aliphatic carbocycles. The Morgan fingerprint density at radius 3 is 2.50 bits per heavy atom. The second-order valence-electron chi connectivity index (χ2n) is 6.25. The van der Waals surface area contributed by atoms with Crippen molar-refractivity contribution in [2.75, 3.05) is 26.7 Å². The summed E-state index contributed by atoms with van der Waals surface area (Å²) in [7, 11) is 1.85. The van der Waals surface area contributed by atoms with Crippen LogP contribution in [-0.2, 0) is 9.59 Å². The quantitative estimate of drug-likeness (QED) is 0.831. The first-order valence-electron chi connectivity index (χ1n) is 7.78. The topological polar surface area (TPSA) is 60.9 Å². The number of carboxylic acid groups (broad SMARTS) is 1. The third-order valence-electron chi connectivity index (χ3n) is 4.67. The molecule has 1 aliphatic heterocycles. The van der Waals surface area contributed by atoms with E-state index >= 15 is 0 Å². The van der Waals surface area contributed by atoms with Gasteiger partial charge >= 0.3 is 5.97 Å². The molecule has 1 N–H and O–H groups in total. The Bertz CT molecular complexity index is 353. The number of likely N-dealkylation sites (N-methyl/N-ethyl adjacent to an activating group) is 1. The van der Waals surface area contributed by atoms with Gasteiger partial charge in [-0.25, -0.2) is 0 Å². The first kappa shape index (κ1) is 15.3. The van der Waals surface area contributed by atoms with Crippen molar-refractivity contribution in [3.8, 4) is 0 Å². The van der Waals surface area contributed by atoms with Crippen LogP contribution in [0.25, 0.3) is 0 Å². The first-order chi connectivity index (χ1) is 9.58. The number of carbonyl (C=O) groups excluding carboxylic acids is 1. The molecule has 1 unspecified atom stereocenters. The van der Waals surface area contributed by atoms with Gasteiger partial charge in [0.05, 0.1) is 6.54 Å². The zero-order valence-electron chi connectivity index (χ0n) is 12.4. The summed E-state index contributed by atoms with van der Waals surface area (Å²) >= 11 is 0. The zero-order chi connectivity index (χ0) is 14.5. The normalized spacial score (nSPS) is 24.8. The van der Waals surface area contributed by atoms with Gasteiger partial charge in [0.1, 0.15) is 6.04 Å². The molecule has 5 heteroatoms. The zero-order valence-corrected chi connectivity index (χ0v) is 12.4. The van der Waals surface area contributed by atoms with Crippen molar-refractivity contribution in [1.82, 2.24) is 9.80 Å². The lowest BCUT2D eigenvalue weighted by molar-refractivity contribution is -0.143. The third kappa shape index (κ3) is 3.95. The monoisotopic (exact) mass is 282 g/mol. The summed E-state index contributed by atoms with van der Waals surface area (Å²) in [6, 6.07) is -0.470. The minimum Gasteiger partial charge on any atom is -0.480 e. The van der Waals surface area contributed by atoms with Crippen LogP contribution >= 0.6 is 0 Å². The van der Waals surface area contributed by atoms with E-state index in [4.69, 9.17) is 5.11 Å². The number of hydrogen-bond acceptors (Lipinski definition) is 3. The maximum absolute atomic E-state index is 12.2. The lowest BCUT2D eigenvalue weighted by Gasteiger charge is -2.29. The summed E-state index contributed by atoms with van der Waals surface area (Å²) in [6.45, 7) is 1.80. The van der Waals surface area contributed by atoms with Crippen molar-refractivity contribution in [2.24, 2.45) is 5.92 Å². The Hall–Kier alpha value is -1.10. The molecule has 0 aromatic carbocycles. The molecule has 20 heavy (non-hydrogen) atoms. The molecule has 114 valence electrons. The molecule has 0 aromatic rings. The van der Waals surface area contributed by atoms with Crippen molar-refractivity contribution in [3.05, 3.63) is 0 Å². The Kier molecular flexibility index (Phi) is 5.40. The van der Waals surface area contributed by atoms with Crippen LogP contribution in [0.2, 0.25) is 0 Å². The van der Waals surface area contributed by atoms with Gasteiger partial charge in [0, 0.05) is 13.6 Å². The second-order valence-corrected chi connectivity index (χ2v) is 6.25. The summed E-state index contributed by atoms with van der Waals surface area (Å²) in [4.78, 5) is 27.0. The number of nitrogens with zero attached hydrogens (tertiary/aromatic N) is 2. The highest BCUT2D eigenvalue weighted by Gasteiger charge is 2.32. The van der Waals surface area contributed by atoms with Crippen LogP contribution in [0.15, 0.2) is 0 Å². The Balaban J connectivity index is 1.79. The van der Waals surface area contributed by atoms with Gasteiger partial charge in [-0.3, -0.25) is 14.5 Å². The third-order valence-corrected chi connectivity index (χ3v) is 4.67. The predicted molar refractivity (Wildman–Crippen MR) is 76.4 cm³/mol. The van der Waals surface area contributed by atoms with Crippen molar-refractivity contribution < 1.29 is 14.7 Å². The van der Waals surface area contributed by atoms with Crippen molar-refractivity contribution in [3.63, 3.8) is 0 Å². The fourth-order valence-corrected chi connectivity index (χ4v) is 3.45.